The van der Waals surface area contributed by atoms with Gasteiger partial charge in [-0.25, -0.2) is 0 Å². The number of piperidine rings is 2. The summed E-state index contributed by atoms with van der Waals surface area (Å²) in [6.45, 7) is 3.61. The molecule has 2 fully saturated rings. The fourth-order valence-electron chi connectivity index (χ4n) is 3.71. The summed E-state index contributed by atoms with van der Waals surface area (Å²) in [5.74, 6) is -0.964. The molecule has 130 valence electrons. The highest BCUT2D eigenvalue weighted by Gasteiger charge is 2.42. The minimum atomic E-state index is -0.971. The molecule has 3 heterocycles. The molecule has 24 heavy (non-hydrogen) atoms. The second-order valence-electron chi connectivity index (χ2n) is 6.85. The lowest BCUT2D eigenvalue weighted by Gasteiger charge is -2.47. The van der Waals surface area contributed by atoms with Gasteiger partial charge in [0.25, 0.3) is 5.91 Å². The number of carbonyl (C=O) groups is 3. The van der Waals surface area contributed by atoms with E-state index in [1.807, 2.05) is 24.0 Å². The summed E-state index contributed by atoms with van der Waals surface area (Å²) < 4.78 is 0. The van der Waals surface area contributed by atoms with E-state index in [0.29, 0.717) is 26.1 Å². The molecular formula is C17H22N2O4S. The van der Waals surface area contributed by atoms with E-state index in [9.17, 15) is 14.4 Å². The van der Waals surface area contributed by atoms with E-state index in [1.54, 1.807) is 0 Å². The van der Waals surface area contributed by atoms with Crippen LogP contribution in [0.4, 0.5) is 0 Å². The molecule has 0 bridgehead atoms. The Labute approximate surface area is 145 Å². The van der Waals surface area contributed by atoms with Crippen LogP contribution in [-0.2, 0) is 9.59 Å². The molecule has 6 nitrogen and oxygen atoms in total. The lowest BCUT2D eigenvalue weighted by Crippen LogP contribution is -2.53. The lowest BCUT2D eigenvalue weighted by molar-refractivity contribution is -0.149. The molecule has 2 aliphatic rings. The van der Waals surface area contributed by atoms with Gasteiger partial charge in [0.2, 0.25) is 5.91 Å². The highest BCUT2D eigenvalue weighted by molar-refractivity contribution is 7.13. The Morgan fingerprint density at radius 3 is 2.54 bits per heavy atom. The molecule has 7 heteroatoms. The van der Waals surface area contributed by atoms with Crippen molar-refractivity contribution in [3.63, 3.8) is 0 Å². The molecule has 0 aliphatic carbocycles. The normalized spacial score (nSPS) is 20.5. The first-order valence-corrected chi connectivity index (χ1v) is 9.05. The van der Waals surface area contributed by atoms with Crippen LogP contribution in [0.2, 0.25) is 0 Å². The van der Waals surface area contributed by atoms with Crippen molar-refractivity contribution >= 4 is 29.1 Å². The Balaban J connectivity index is 1.62. The van der Waals surface area contributed by atoms with Crippen molar-refractivity contribution < 1.29 is 19.5 Å². The van der Waals surface area contributed by atoms with Crippen LogP contribution in [0.25, 0.3) is 0 Å². The van der Waals surface area contributed by atoms with Gasteiger partial charge in [0, 0.05) is 30.9 Å². The molecule has 1 N–H and O–H groups in total. The summed E-state index contributed by atoms with van der Waals surface area (Å²) in [6, 6.07) is 3.83. The third-order valence-corrected chi connectivity index (χ3v) is 6.13. The first-order chi connectivity index (χ1) is 11.4. The number of hydrogen-bond acceptors (Lipinski definition) is 4. The first kappa shape index (κ1) is 17.0. The average molecular weight is 350 g/mol. The van der Waals surface area contributed by atoms with Crippen LogP contribution in [-0.4, -0.2) is 58.9 Å². The molecule has 1 spiro atoms. The number of aryl methyl sites for hydroxylation is 1. The van der Waals surface area contributed by atoms with E-state index < -0.39 is 5.97 Å². The van der Waals surface area contributed by atoms with Crippen LogP contribution in [0.3, 0.4) is 0 Å². The van der Waals surface area contributed by atoms with E-state index in [0.717, 1.165) is 29.0 Å². The molecule has 0 radical (unpaired) electrons. The maximum Gasteiger partial charge on any atom is 0.323 e. The molecule has 0 atom stereocenters. The van der Waals surface area contributed by atoms with E-state index >= 15 is 0 Å². The molecule has 2 aliphatic heterocycles. The number of carboxylic acid groups (broad SMARTS) is 1. The molecule has 2 saturated heterocycles. The molecule has 0 unspecified atom stereocenters. The Hall–Kier alpha value is -1.89. The maximum atomic E-state index is 12.5. The Morgan fingerprint density at radius 2 is 1.96 bits per heavy atom. The van der Waals surface area contributed by atoms with Crippen molar-refractivity contribution in [2.45, 2.75) is 32.6 Å². The van der Waals surface area contributed by atoms with Crippen molar-refractivity contribution in [3.8, 4) is 0 Å². The number of likely N-dealkylation sites (tertiary alicyclic amines) is 2. The minimum Gasteiger partial charge on any atom is -0.480 e. The zero-order valence-electron chi connectivity index (χ0n) is 13.8. The van der Waals surface area contributed by atoms with Crippen LogP contribution in [0.5, 0.6) is 0 Å². The highest BCUT2D eigenvalue weighted by atomic mass is 32.1. The summed E-state index contributed by atoms with van der Waals surface area (Å²) in [4.78, 5) is 40.6. The fourth-order valence-corrected chi connectivity index (χ4v) is 4.54. The Bertz CT molecular complexity index is 661. The smallest absolute Gasteiger partial charge is 0.323 e. The van der Waals surface area contributed by atoms with Crippen molar-refractivity contribution in [1.29, 1.82) is 0 Å². The summed E-state index contributed by atoms with van der Waals surface area (Å²) in [5.41, 5.74) is -0.0362. The lowest BCUT2D eigenvalue weighted by atomic mass is 9.72. The monoisotopic (exact) mass is 350 g/mol. The van der Waals surface area contributed by atoms with E-state index in [4.69, 9.17) is 5.11 Å². The largest absolute Gasteiger partial charge is 0.480 e. The van der Waals surface area contributed by atoms with E-state index in [2.05, 4.69) is 0 Å². The highest BCUT2D eigenvalue weighted by Crippen LogP contribution is 2.40. The van der Waals surface area contributed by atoms with Gasteiger partial charge in [-0.2, -0.15) is 0 Å². The number of nitrogens with zero attached hydrogens (tertiary/aromatic N) is 2. The number of carbonyl (C=O) groups excluding carboxylic acids is 2. The van der Waals surface area contributed by atoms with Crippen molar-refractivity contribution in [3.05, 3.63) is 21.9 Å². The number of amides is 2. The van der Waals surface area contributed by atoms with Crippen LogP contribution >= 0.6 is 11.3 Å². The maximum absolute atomic E-state index is 12.5. The molecular weight excluding hydrogens is 328 g/mol. The molecule has 1 aromatic heterocycles. The van der Waals surface area contributed by atoms with Crippen molar-refractivity contribution in [2.75, 3.05) is 26.2 Å². The van der Waals surface area contributed by atoms with Crippen LogP contribution in [0.15, 0.2) is 12.1 Å². The Morgan fingerprint density at radius 1 is 1.25 bits per heavy atom. The zero-order chi connectivity index (χ0) is 17.3. The predicted octanol–water partition coefficient (Wildman–Crippen LogP) is 1.99. The van der Waals surface area contributed by atoms with Gasteiger partial charge < -0.3 is 14.9 Å². The van der Waals surface area contributed by atoms with E-state index in [-0.39, 0.29) is 23.8 Å². The fraction of sp³-hybridized carbons (Fsp3) is 0.588. The zero-order valence-corrected chi connectivity index (χ0v) is 14.6. The summed E-state index contributed by atoms with van der Waals surface area (Å²) >= 11 is 1.51. The molecule has 1 aromatic rings. The van der Waals surface area contributed by atoms with Gasteiger partial charge in [-0.3, -0.25) is 14.4 Å². The number of rotatable bonds is 3. The topological polar surface area (TPSA) is 77.9 Å². The minimum absolute atomic E-state index is 0.0362. The van der Waals surface area contributed by atoms with Gasteiger partial charge in [-0.15, -0.1) is 11.3 Å². The number of hydrogen-bond donors (Lipinski definition) is 1. The first-order valence-electron chi connectivity index (χ1n) is 8.24. The summed E-state index contributed by atoms with van der Waals surface area (Å²) in [7, 11) is 0. The summed E-state index contributed by atoms with van der Waals surface area (Å²) in [5, 5.41) is 8.97. The SMILES string of the molecule is Cc1ccc(C(=O)N2CCC3(CCC(=O)N(CC(=O)O)C3)CC2)s1. The van der Waals surface area contributed by atoms with Crippen molar-refractivity contribution in [2.24, 2.45) is 5.41 Å². The molecule has 0 saturated carbocycles. The van der Waals surface area contributed by atoms with Gasteiger partial charge in [-0.1, -0.05) is 0 Å². The molecule has 2 amide bonds. The summed E-state index contributed by atoms with van der Waals surface area (Å²) in [6.07, 6.45) is 2.85. The standard InChI is InChI=1S/C17H22N2O4S/c1-12-2-3-13(24-12)16(23)18-8-6-17(7-9-18)5-4-14(20)19(11-17)10-15(21)22/h2-3H,4-11H2,1H3,(H,21,22). The van der Waals surface area contributed by atoms with Crippen LogP contribution in [0.1, 0.15) is 40.2 Å². The van der Waals surface area contributed by atoms with Crippen LogP contribution < -0.4 is 0 Å². The number of thiophene rings is 1. The molecule has 3 rings (SSSR count). The second-order valence-corrected chi connectivity index (χ2v) is 8.13. The average Bonchev–Trinajstić information content (AvgIpc) is 2.97. The van der Waals surface area contributed by atoms with Gasteiger partial charge in [0.05, 0.1) is 4.88 Å². The third-order valence-electron chi connectivity index (χ3n) is 5.14. The van der Waals surface area contributed by atoms with E-state index in [1.165, 1.54) is 16.2 Å². The van der Waals surface area contributed by atoms with Gasteiger partial charge in [-0.05, 0) is 43.7 Å². The quantitative estimate of drug-likeness (QED) is 0.904. The predicted molar refractivity (Wildman–Crippen MR) is 90.1 cm³/mol. The second kappa shape index (κ2) is 6.55. The molecule has 0 aromatic carbocycles. The van der Waals surface area contributed by atoms with Gasteiger partial charge >= 0.3 is 5.97 Å². The number of aliphatic carboxylic acids is 1. The number of carboxylic acids is 1. The third kappa shape index (κ3) is 3.45. The van der Waals surface area contributed by atoms with Crippen molar-refractivity contribution in [1.82, 2.24) is 9.80 Å². The van der Waals surface area contributed by atoms with Gasteiger partial charge in [0.15, 0.2) is 0 Å². The van der Waals surface area contributed by atoms with Crippen LogP contribution in [0, 0.1) is 12.3 Å². The van der Waals surface area contributed by atoms with Gasteiger partial charge in [0.1, 0.15) is 6.54 Å². The Kier molecular flexibility index (Phi) is 4.62.